The van der Waals surface area contributed by atoms with Gasteiger partial charge in [0.05, 0.1) is 0 Å². The molecule has 1 aromatic heterocycles. The van der Waals surface area contributed by atoms with Crippen molar-refractivity contribution in [1.82, 2.24) is 9.97 Å². The van der Waals surface area contributed by atoms with E-state index in [4.69, 9.17) is 0 Å². The van der Waals surface area contributed by atoms with Gasteiger partial charge in [0.1, 0.15) is 15.5 Å². The number of aromatic nitrogens is 2. The molecule has 3 rings (SSSR count). The smallest absolute Gasteiger partial charge is 0.321 e. The van der Waals surface area contributed by atoms with Crippen LogP contribution in [0.3, 0.4) is 0 Å². The maximum Gasteiger partial charge on any atom is 0.321 e. The molecule has 2 atom stereocenters. The Hall–Kier alpha value is -2.84. The fourth-order valence-electron chi connectivity index (χ4n) is 2.45. The molecule has 0 saturated carbocycles. The van der Waals surface area contributed by atoms with Crippen molar-refractivity contribution in [3.63, 3.8) is 0 Å². The summed E-state index contributed by atoms with van der Waals surface area (Å²) in [4.78, 5) is 31.9. The minimum absolute atomic E-state index is 0.276. The van der Waals surface area contributed by atoms with E-state index in [2.05, 4.69) is 9.97 Å². The van der Waals surface area contributed by atoms with Crippen LogP contribution in [0.25, 0.3) is 0 Å². The van der Waals surface area contributed by atoms with Gasteiger partial charge in [-0.1, -0.05) is 84.2 Å². The van der Waals surface area contributed by atoms with Crippen LogP contribution in [0.5, 0.6) is 0 Å². The average Bonchev–Trinajstić information content (AvgIpc) is 2.71. The molecule has 0 saturated heterocycles. The Balaban J connectivity index is 1.81. The molecule has 3 aromatic rings. The highest BCUT2D eigenvalue weighted by Gasteiger charge is 2.24. The second kappa shape index (κ2) is 9.38. The quantitative estimate of drug-likeness (QED) is 0.321. The monoisotopic (exact) mass is 412 g/mol. The highest BCUT2D eigenvalue weighted by molar-refractivity contribution is 8.00. The third-order valence-corrected chi connectivity index (χ3v) is 6.02. The van der Waals surface area contributed by atoms with Crippen molar-refractivity contribution in [2.75, 3.05) is 0 Å². The summed E-state index contributed by atoms with van der Waals surface area (Å²) in [7, 11) is 0. The first-order chi connectivity index (χ1) is 13.5. The Kier molecular flexibility index (Phi) is 6.67. The topological polar surface area (TPSA) is 100 Å². The Labute approximate surface area is 170 Å². The van der Waals surface area contributed by atoms with Crippen LogP contribution >= 0.6 is 23.5 Å². The highest BCUT2D eigenvalue weighted by Crippen LogP contribution is 2.37. The van der Waals surface area contributed by atoms with Crippen molar-refractivity contribution in [3.8, 4) is 0 Å². The molecule has 0 spiro atoms. The van der Waals surface area contributed by atoms with Gasteiger partial charge in [0.25, 0.3) is 0 Å². The van der Waals surface area contributed by atoms with Crippen LogP contribution in [-0.4, -0.2) is 32.1 Å². The molecule has 142 valence electrons. The standard InChI is InChI=1S/C20H16N2O4S2/c23-18(24)16(13-7-3-1-4-8-13)27-15-11-12-21-20(22-15)28-17(19(25)26)14-9-5-2-6-10-14/h1-12,16-17H,(H,23,24)(H,25,26)/t16-,17+/m0/s1. The van der Waals surface area contributed by atoms with Crippen LogP contribution in [0.1, 0.15) is 21.6 Å². The third kappa shape index (κ3) is 5.11. The van der Waals surface area contributed by atoms with Crippen molar-refractivity contribution in [2.24, 2.45) is 0 Å². The molecule has 28 heavy (non-hydrogen) atoms. The fraction of sp³-hybridized carbons (Fsp3) is 0.100. The summed E-state index contributed by atoms with van der Waals surface area (Å²) in [6.07, 6.45) is 1.51. The first-order valence-electron chi connectivity index (χ1n) is 8.26. The molecule has 1 heterocycles. The van der Waals surface area contributed by atoms with E-state index in [0.717, 1.165) is 23.5 Å². The van der Waals surface area contributed by atoms with Crippen LogP contribution in [0.2, 0.25) is 0 Å². The number of carboxylic acid groups (broad SMARTS) is 2. The van der Waals surface area contributed by atoms with Gasteiger partial charge in [0.15, 0.2) is 5.16 Å². The molecular weight excluding hydrogens is 396 g/mol. The number of benzene rings is 2. The van der Waals surface area contributed by atoms with Crippen molar-refractivity contribution >= 4 is 35.5 Å². The number of carbonyl (C=O) groups is 2. The molecule has 0 unspecified atom stereocenters. The van der Waals surface area contributed by atoms with Gasteiger partial charge in [-0.2, -0.15) is 0 Å². The summed E-state index contributed by atoms with van der Waals surface area (Å²) in [6, 6.07) is 19.3. The third-order valence-electron chi connectivity index (χ3n) is 3.72. The zero-order valence-electron chi connectivity index (χ0n) is 14.5. The lowest BCUT2D eigenvalue weighted by molar-refractivity contribution is -0.137. The summed E-state index contributed by atoms with van der Waals surface area (Å²) >= 11 is 2.10. The number of rotatable bonds is 8. The van der Waals surface area contributed by atoms with Crippen LogP contribution < -0.4 is 0 Å². The summed E-state index contributed by atoms with van der Waals surface area (Å²) < 4.78 is 0. The molecule has 0 aliphatic heterocycles. The van der Waals surface area contributed by atoms with Gasteiger partial charge in [-0.25, -0.2) is 9.97 Å². The second-order valence-corrected chi connectivity index (χ2v) is 7.87. The van der Waals surface area contributed by atoms with Crippen LogP contribution in [0.4, 0.5) is 0 Å². The van der Waals surface area contributed by atoms with Gasteiger partial charge >= 0.3 is 11.9 Å². The van der Waals surface area contributed by atoms with Crippen LogP contribution in [0.15, 0.2) is 83.1 Å². The fourth-order valence-corrected chi connectivity index (χ4v) is 4.30. The lowest BCUT2D eigenvalue weighted by atomic mass is 10.1. The van der Waals surface area contributed by atoms with Crippen molar-refractivity contribution in [2.45, 2.75) is 20.7 Å². The van der Waals surface area contributed by atoms with Gasteiger partial charge < -0.3 is 10.2 Å². The predicted molar refractivity (Wildman–Crippen MR) is 107 cm³/mol. The molecule has 2 N–H and O–H groups in total. The zero-order chi connectivity index (χ0) is 19.9. The number of aliphatic carboxylic acids is 2. The van der Waals surface area contributed by atoms with E-state index in [9.17, 15) is 19.8 Å². The van der Waals surface area contributed by atoms with E-state index in [1.54, 1.807) is 54.6 Å². The van der Waals surface area contributed by atoms with E-state index < -0.39 is 22.4 Å². The molecule has 0 fully saturated rings. The summed E-state index contributed by atoms with van der Waals surface area (Å²) in [5, 5.41) is 18.2. The van der Waals surface area contributed by atoms with Crippen molar-refractivity contribution < 1.29 is 19.8 Å². The van der Waals surface area contributed by atoms with Crippen molar-refractivity contribution in [1.29, 1.82) is 0 Å². The molecule has 0 aliphatic carbocycles. The predicted octanol–water partition coefficient (Wildman–Crippen LogP) is 4.31. The van der Waals surface area contributed by atoms with Crippen molar-refractivity contribution in [3.05, 3.63) is 84.1 Å². The van der Waals surface area contributed by atoms with E-state index >= 15 is 0 Å². The summed E-state index contributed by atoms with van der Waals surface area (Å²) in [5.74, 6) is -1.97. The van der Waals surface area contributed by atoms with Gasteiger partial charge in [-0.15, -0.1) is 0 Å². The zero-order valence-corrected chi connectivity index (χ0v) is 16.1. The Morgan fingerprint density at radius 2 is 1.25 bits per heavy atom. The maximum atomic E-state index is 11.7. The normalized spacial score (nSPS) is 12.9. The number of nitrogens with zero attached hydrogens (tertiary/aromatic N) is 2. The first-order valence-corrected chi connectivity index (χ1v) is 10.0. The van der Waals surface area contributed by atoms with E-state index in [1.165, 1.54) is 6.20 Å². The number of thioether (sulfide) groups is 2. The SMILES string of the molecule is O=C(O)[C@@H](Sc1ccnc(S[C@@H](C(=O)O)c2ccccc2)n1)c1ccccc1. The number of hydrogen-bond acceptors (Lipinski definition) is 6. The second-order valence-electron chi connectivity index (χ2n) is 5.67. The molecule has 8 heteroatoms. The molecule has 2 aromatic carbocycles. The maximum absolute atomic E-state index is 11.7. The lowest BCUT2D eigenvalue weighted by Crippen LogP contribution is -2.09. The van der Waals surface area contributed by atoms with Crippen LogP contribution in [0, 0.1) is 0 Å². The largest absolute Gasteiger partial charge is 0.480 e. The Morgan fingerprint density at radius 1 is 0.750 bits per heavy atom. The molecule has 0 aliphatic rings. The molecule has 0 amide bonds. The van der Waals surface area contributed by atoms with Crippen LogP contribution in [-0.2, 0) is 9.59 Å². The molecular formula is C20H16N2O4S2. The Bertz CT molecular complexity index is 880. The minimum Gasteiger partial charge on any atom is -0.480 e. The Morgan fingerprint density at radius 3 is 1.75 bits per heavy atom. The summed E-state index contributed by atoms with van der Waals surface area (Å²) in [5.41, 5.74) is 1.29. The lowest BCUT2D eigenvalue weighted by Gasteiger charge is -2.14. The average molecular weight is 412 g/mol. The minimum atomic E-state index is -0.995. The number of hydrogen-bond donors (Lipinski definition) is 2. The van der Waals surface area contributed by atoms with E-state index in [0.29, 0.717) is 16.2 Å². The van der Waals surface area contributed by atoms with Gasteiger partial charge in [-0.3, -0.25) is 9.59 Å². The summed E-state index contributed by atoms with van der Waals surface area (Å²) in [6.45, 7) is 0. The van der Waals surface area contributed by atoms with Gasteiger partial charge in [0, 0.05) is 6.20 Å². The molecule has 6 nitrogen and oxygen atoms in total. The van der Waals surface area contributed by atoms with Gasteiger partial charge in [-0.05, 0) is 17.2 Å². The van der Waals surface area contributed by atoms with Gasteiger partial charge in [0.2, 0.25) is 0 Å². The molecule has 0 radical (unpaired) electrons. The first kappa shape index (κ1) is 19.9. The molecule has 0 bridgehead atoms. The highest BCUT2D eigenvalue weighted by atomic mass is 32.2. The number of carboxylic acids is 2. The van der Waals surface area contributed by atoms with E-state index in [1.807, 2.05) is 12.1 Å². The van der Waals surface area contributed by atoms with E-state index in [-0.39, 0.29) is 5.16 Å².